The van der Waals surface area contributed by atoms with Crippen LogP contribution < -0.4 is 5.32 Å². The van der Waals surface area contributed by atoms with Crippen molar-refractivity contribution in [2.75, 3.05) is 11.9 Å². The van der Waals surface area contributed by atoms with Crippen LogP contribution in [-0.2, 0) is 4.74 Å². The summed E-state index contributed by atoms with van der Waals surface area (Å²) >= 11 is 0. The maximum Gasteiger partial charge on any atom is 0.410 e. The Labute approximate surface area is 126 Å². The summed E-state index contributed by atoms with van der Waals surface area (Å²) in [5.74, 6) is 0.907. The highest BCUT2D eigenvalue weighted by molar-refractivity contribution is 5.69. The summed E-state index contributed by atoms with van der Waals surface area (Å²) in [5, 5.41) is 3.36. The van der Waals surface area contributed by atoms with Crippen LogP contribution in [0.1, 0.15) is 47.0 Å². The summed E-state index contributed by atoms with van der Waals surface area (Å²) < 4.78 is 5.49. The lowest BCUT2D eigenvalue weighted by Gasteiger charge is -2.30. The van der Waals surface area contributed by atoms with Gasteiger partial charge >= 0.3 is 6.09 Å². The molecule has 6 heteroatoms. The molecule has 0 saturated carbocycles. The number of carbonyl (C=O) groups is 1. The molecule has 21 heavy (non-hydrogen) atoms. The van der Waals surface area contributed by atoms with E-state index in [0.717, 1.165) is 31.6 Å². The van der Waals surface area contributed by atoms with E-state index in [2.05, 4.69) is 22.2 Å². The molecule has 0 aromatic carbocycles. The fourth-order valence-corrected chi connectivity index (χ4v) is 2.71. The van der Waals surface area contributed by atoms with Crippen LogP contribution in [0, 0.1) is 0 Å². The molecule has 2 rings (SSSR count). The molecule has 0 spiro atoms. The number of nitrogens with zero attached hydrogens (tertiary/aromatic N) is 2. The summed E-state index contributed by atoms with van der Waals surface area (Å²) in [6.45, 7) is 8.61. The highest BCUT2D eigenvalue weighted by Gasteiger charge is 2.32. The van der Waals surface area contributed by atoms with Crippen molar-refractivity contribution in [2.45, 2.75) is 64.6 Å². The third-order valence-electron chi connectivity index (χ3n) is 3.53. The van der Waals surface area contributed by atoms with E-state index in [1.807, 2.05) is 25.7 Å². The van der Waals surface area contributed by atoms with Crippen molar-refractivity contribution < 1.29 is 9.53 Å². The Morgan fingerprint density at radius 2 is 2.38 bits per heavy atom. The smallest absolute Gasteiger partial charge is 0.410 e. The molecule has 1 aromatic heterocycles. The Morgan fingerprint density at radius 3 is 3.00 bits per heavy atom. The Bertz CT molecular complexity index is 453. The van der Waals surface area contributed by atoms with E-state index in [4.69, 9.17) is 4.74 Å². The average molecular weight is 294 g/mol. The Kier molecular flexibility index (Phi) is 4.75. The van der Waals surface area contributed by atoms with E-state index in [1.165, 1.54) is 0 Å². The van der Waals surface area contributed by atoms with Gasteiger partial charge in [-0.3, -0.25) is 0 Å². The molecule has 0 aliphatic carbocycles. The first-order chi connectivity index (χ1) is 9.85. The molecule has 1 aliphatic rings. The lowest BCUT2D eigenvalue weighted by Crippen LogP contribution is -2.41. The lowest BCUT2D eigenvalue weighted by molar-refractivity contribution is 0.0218. The number of anilines is 1. The standard InChI is InChI=1S/C15H26N4O2/c1-11(18-13-9-16-10-17-13)8-12-6-5-7-19(12)14(20)21-15(2,3)4/h9-12,18H,5-8H2,1-4H3,(H,16,17)/t11-,12+/m0/s1. The number of rotatable bonds is 4. The van der Waals surface area contributed by atoms with Gasteiger partial charge in [-0.25, -0.2) is 9.78 Å². The first-order valence-electron chi connectivity index (χ1n) is 7.59. The molecule has 0 bridgehead atoms. The molecular formula is C15H26N4O2. The monoisotopic (exact) mass is 294 g/mol. The number of aromatic amines is 1. The largest absolute Gasteiger partial charge is 0.444 e. The van der Waals surface area contributed by atoms with Gasteiger partial charge in [0.1, 0.15) is 11.4 Å². The van der Waals surface area contributed by atoms with Gasteiger partial charge in [0, 0.05) is 18.6 Å². The van der Waals surface area contributed by atoms with Crippen molar-refractivity contribution >= 4 is 11.9 Å². The molecule has 1 amide bonds. The van der Waals surface area contributed by atoms with Gasteiger partial charge in [-0.05, 0) is 47.0 Å². The fraction of sp³-hybridized carbons (Fsp3) is 0.733. The fourth-order valence-electron chi connectivity index (χ4n) is 2.71. The van der Waals surface area contributed by atoms with Crippen LogP contribution in [-0.4, -0.2) is 45.2 Å². The number of imidazole rings is 1. The minimum absolute atomic E-state index is 0.196. The van der Waals surface area contributed by atoms with Gasteiger partial charge in [-0.1, -0.05) is 0 Å². The van der Waals surface area contributed by atoms with E-state index in [-0.39, 0.29) is 18.2 Å². The molecule has 2 heterocycles. The number of amides is 1. The molecule has 118 valence electrons. The number of likely N-dealkylation sites (tertiary alicyclic amines) is 1. The highest BCUT2D eigenvalue weighted by Crippen LogP contribution is 2.24. The second-order valence-corrected chi connectivity index (χ2v) is 6.72. The van der Waals surface area contributed by atoms with Crippen molar-refractivity contribution in [3.8, 4) is 0 Å². The van der Waals surface area contributed by atoms with Crippen LogP contribution in [0.2, 0.25) is 0 Å². The summed E-state index contributed by atoms with van der Waals surface area (Å²) in [6.07, 6.45) is 6.19. The molecule has 1 saturated heterocycles. The van der Waals surface area contributed by atoms with E-state index in [1.54, 1.807) is 12.5 Å². The first-order valence-corrected chi connectivity index (χ1v) is 7.59. The third kappa shape index (κ3) is 4.65. The first kappa shape index (κ1) is 15.7. The third-order valence-corrected chi connectivity index (χ3v) is 3.53. The maximum absolute atomic E-state index is 12.2. The Balaban J connectivity index is 1.88. The topological polar surface area (TPSA) is 70.2 Å². The normalized spacial score (nSPS) is 20.4. The number of hydrogen-bond acceptors (Lipinski definition) is 4. The molecule has 2 N–H and O–H groups in total. The molecule has 0 radical (unpaired) electrons. The second kappa shape index (κ2) is 6.37. The van der Waals surface area contributed by atoms with E-state index >= 15 is 0 Å². The van der Waals surface area contributed by atoms with Crippen molar-refractivity contribution in [1.82, 2.24) is 14.9 Å². The number of ether oxygens (including phenoxy) is 1. The van der Waals surface area contributed by atoms with Gasteiger partial charge in [-0.2, -0.15) is 0 Å². The molecule has 1 fully saturated rings. The van der Waals surface area contributed by atoms with Gasteiger partial charge in [-0.15, -0.1) is 0 Å². The predicted molar refractivity (Wildman–Crippen MR) is 82.3 cm³/mol. The van der Waals surface area contributed by atoms with Crippen LogP contribution in [0.15, 0.2) is 12.5 Å². The number of hydrogen-bond donors (Lipinski definition) is 2. The van der Waals surface area contributed by atoms with Crippen LogP contribution in [0.5, 0.6) is 0 Å². The van der Waals surface area contributed by atoms with Crippen LogP contribution in [0.3, 0.4) is 0 Å². The molecule has 6 nitrogen and oxygen atoms in total. The molecular weight excluding hydrogens is 268 g/mol. The van der Waals surface area contributed by atoms with Crippen LogP contribution >= 0.6 is 0 Å². The highest BCUT2D eigenvalue weighted by atomic mass is 16.6. The molecule has 2 atom stereocenters. The van der Waals surface area contributed by atoms with Crippen LogP contribution in [0.25, 0.3) is 0 Å². The zero-order valence-corrected chi connectivity index (χ0v) is 13.3. The summed E-state index contributed by atoms with van der Waals surface area (Å²) in [5.41, 5.74) is -0.440. The zero-order chi connectivity index (χ0) is 15.5. The quantitative estimate of drug-likeness (QED) is 0.895. The summed E-state index contributed by atoms with van der Waals surface area (Å²) in [6, 6.07) is 0.503. The number of nitrogens with one attached hydrogen (secondary N) is 2. The average Bonchev–Trinajstić information content (AvgIpc) is 2.97. The number of H-pyrrole nitrogens is 1. The number of aromatic nitrogens is 2. The van der Waals surface area contributed by atoms with Crippen molar-refractivity contribution in [1.29, 1.82) is 0 Å². The van der Waals surface area contributed by atoms with Crippen LogP contribution in [0.4, 0.5) is 10.6 Å². The Hall–Kier alpha value is -1.72. The molecule has 1 aliphatic heterocycles. The minimum Gasteiger partial charge on any atom is -0.444 e. The Morgan fingerprint density at radius 1 is 1.62 bits per heavy atom. The zero-order valence-electron chi connectivity index (χ0n) is 13.3. The van der Waals surface area contributed by atoms with Gasteiger partial charge in [0.2, 0.25) is 0 Å². The van der Waals surface area contributed by atoms with E-state index in [9.17, 15) is 4.79 Å². The summed E-state index contributed by atoms with van der Waals surface area (Å²) in [7, 11) is 0. The van der Waals surface area contributed by atoms with Gasteiger partial charge < -0.3 is 19.9 Å². The van der Waals surface area contributed by atoms with Gasteiger partial charge in [0.25, 0.3) is 0 Å². The van der Waals surface area contributed by atoms with Crippen molar-refractivity contribution in [3.05, 3.63) is 12.5 Å². The van der Waals surface area contributed by atoms with E-state index in [0.29, 0.717) is 0 Å². The number of carbonyl (C=O) groups excluding carboxylic acids is 1. The maximum atomic E-state index is 12.2. The molecule has 0 unspecified atom stereocenters. The van der Waals surface area contributed by atoms with E-state index < -0.39 is 5.60 Å². The molecule has 1 aromatic rings. The minimum atomic E-state index is -0.440. The van der Waals surface area contributed by atoms with Gasteiger partial charge in [0.15, 0.2) is 0 Å². The second-order valence-electron chi connectivity index (χ2n) is 6.72. The SMILES string of the molecule is C[C@@H](C[C@H]1CCCN1C(=O)OC(C)(C)C)Nc1cnc[nH]1. The predicted octanol–water partition coefficient (Wildman–Crippen LogP) is 3.00. The summed E-state index contributed by atoms with van der Waals surface area (Å²) in [4.78, 5) is 21.1. The lowest BCUT2D eigenvalue weighted by atomic mass is 10.1. The van der Waals surface area contributed by atoms with Gasteiger partial charge in [0.05, 0.1) is 12.5 Å². The van der Waals surface area contributed by atoms with Crippen molar-refractivity contribution in [2.24, 2.45) is 0 Å². The van der Waals surface area contributed by atoms with Crippen molar-refractivity contribution in [3.63, 3.8) is 0 Å².